The zero-order valence-electron chi connectivity index (χ0n) is 6.09. The molecule has 0 aliphatic carbocycles. The van der Waals surface area contributed by atoms with Crippen LogP contribution in [-0.2, 0) is 9.63 Å². The minimum absolute atomic E-state index is 0.0414. The summed E-state index contributed by atoms with van der Waals surface area (Å²) in [5.74, 6) is 0.0414. The first-order chi connectivity index (χ1) is 4.83. The topological polar surface area (TPSA) is 41.6 Å². The van der Waals surface area contributed by atoms with Crippen LogP contribution in [0.1, 0.15) is 6.92 Å². The Morgan fingerprint density at radius 1 is 1.80 bits per heavy atom. The Balaban J connectivity index is 2.25. The molecule has 1 N–H and O–H groups in total. The molecule has 0 spiro atoms. The highest BCUT2D eigenvalue weighted by atomic mass is 16.7. The fourth-order valence-electron chi connectivity index (χ4n) is 0.908. The molecule has 1 amide bonds. The molecule has 1 aliphatic rings. The summed E-state index contributed by atoms with van der Waals surface area (Å²) in [4.78, 5) is 15.8. The maximum atomic E-state index is 10.7. The quantitative estimate of drug-likeness (QED) is 0.561. The molecule has 0 bridgehead atoms. The van der Waals surface area contributed by atoms with Crippen molar-refractivity contribution in [2.45, 2.75) is 6.92 Å². The Hall–Kier alpha value is -0.610. The van der Waals surface area contributed by atoms with Gasteiger partial charge in [0.05, 0.1) is 6.61 Å². The predicted molar refractivity (Wildman–Crippen MR) is 36.2 cm³/mol. The Morgan fingerprint density at radius 3 is 3.20 bits per heavy atom. The van der Waals surface area contributed by atoms with Gasteiger partial charge in [0.2, 0.25) is 5.91 Å². The number of rotatable bonds is 2. The Kier molecular flexibility index (Phi) is 2.65. The van der Waals surface area contributed by atoms with E-state index in [4.69, 9.17) is 4.84 Å². The minimum Gasteiger partial charge on any atom is -0.354 e. The number of nitrogens with one attached hydrogen (secondary N) is 1. The molecule has 0 atom stereocenters. The van der Waals surface area contributed by atoms with Crippen molar-refractivity contribution in [1.29, 1.82) is 0 Å². The van der Waals surface area contributed by atoms with Gasteiger partial charge in [0.25, 0.3) is 0 Å². The lowest BCUT2D eigenvalue weighted by Crippen LogP contribution is -2.47. The van der Waals surface area contributed by atoms with Crippen LogP contribution >= 0.6 is 0 Å². The SMILES string of the molecule is CCON1CCNC(=O)C1. The van der Waals surface area contributed by atoms with Crippen LogP contribution in [0.25, 0.3) is 0 Å². The molecule has 1 heterocycles. The molecule has 58 valence electrons. The van der Waals surface area contributed by atoms with Gasteiger partial charge in [0, 0.05) is 13.1 Å². The van der Waals surface area contributed by atoms with Gasteiger partial charge in [-0.1, -0.05) is 0 Å². The third-order valence-electron chi connectivity index (χ3n) is 1.32. The van der Waals surface area contributed by atoms with E-state index >= 15 is 0 Å². The molecule has 1 rings (SSSR count). The smallest absolute Gasteiger partial charge is 0.236 e. The molecule has 4 nitrogen and oxygen atoms in total. The molecule has 4 heteroatoms. The zero-order chi connectivity index (χ0) is 7.40. The van der Waals surface area contributed by atoms with E-state index in [1.807, 2.05) is 6.92 Å². The normalized spacial score (nSPS) is 20.7. The van der Waals surface area contributed by atoms with Crippen molar-refractivity contribution >= 4 is 5.91 Å². The molecule has 0 aromatic rings. The second-order valence-electron chi connectivity index (χ2n) is 2.13. The molecular weight excluding hydrogens is 132 g/mol. The first kappa shape index (κ1) is 7.50. The largest absolute Gasteiger partial charge is 0.354 e. The molecule has 10 heavy (non-hydrogen) atoms. The van der Waals surface area contributed by atoms with E-state index in [1.165, 1.54) is 0 Å². The fourth-order valence-corrected chi connectivity index (χ4v) is 0.908. The molecule has 0 radical (unpaired) electrons. The van der Waals surface area contributed by atoms with E-state index < -0.39 is 0 Å². The Morgan fingerprint density at radius 2 is 2.60 bits per heavy atom. The molecule has 0 aromatic heterocycles. The van der Waals surface area contributed by atoms with Gasteiger partial charge in [-0.2, -0.15) is 5.06 Å². The lowest BCUT2D eigenvalue weighted by molar-refractivity contribution is -0.171. The van der Waals surface area contributed by atoms with E-state index in [0.717, 1.165) is 6.54 Å². The number of carbonyl (C=O) groups excluding carboxylic acids is 1. The van der Waals surface area contributed by atoms with E-state index in [9.17, 15) is 4.79 Å². The van der Waals surface area contributed by atoms with Crippen molar-refractivity contribution in [3.63, 3.8) is 0 Å². The number of amides is 1. The Labute approximate surface area is 60.1 Å². The summed E-state index contributed by atoms with van der Waals surface area (Å²) in [6, 6.07) is 0. The highest BCUT2D eigenvalue weighted by Gasteiger charge is 2.15. The standard InChI is InChI=1S/C6H12N2O2/c1-2-10-8-4-3-7-6(9)5-8/h2-5H2,1H3,(H,7,9). The van der Waals surface area contributed by atoms with Crippen molar-refractivity contribution < 1.29 is 9.63 Å². The van der Waals surface area contributed by atoms with Crippen molar-refractivity contribution in [2.75, 3.05) is 26.2 Å². The highest BCUT2D eigenvalue weighted by molar-refractivity contribution is 5.78. The maximum Gasteiger partial charge on any atom is 0.236 e. The fraction of sp³-hybridized carbons (Fsp3) is 0.833. The third-order valence-corrected chi connectivity index (χ3v) is 1.32. The van der Waals surface area contributed by atoms with Crippen LogP contribution in [0.4, 0.5) is 0 Å². The highest BCUT2D eigenvalue weighted by Crippen LogP contribution is 1.92. The number of hydrogen-bond donors (Lipinski definition) is 1. The number of carbonyl (C=O) groups is 1. The molecule has 0 saturated carbocycles. The molecule has 1 saturated heterocycles. The second-order valence-corrected chi connectivity index (χ2v) is 2.13. The van der Waals surface area contributed by atoms with Gasteiger partial charge < -0.3 is 5.32 Å². The summed E-state index contributed by atoms with van der Waals surface area (Å²) in [5.41, 5.74) is 0. The lowest BCUT2D eigenvalue weighted by atomic mass is 10.4. The van der Waals surface area contributed by atoms with Crippen molar-refractivity contribution in [3.8, 4) is 0 Å². The van der Waals surface area contributed by atoms with E-state index in [2.05, 4.69) is 5.32 Å². The molecular formula is C6H12N2O2. The van der Waals surface area contributed by atoms with Crippen LogP contribution in [0.5, 0.6) is 0 Å². The number of piperazine rings is 1. The van der Waals surface area contributed by atoms with Crippen LogP contribution in [-0.4, -0.2) is 37.2 Å². The van der Waals surface area contributed by atoms with Crippen LogP contribution < -0.4 is 5.32 Å². The van der Waals surface area contributed by atoms with E-state index in [1.54, 1.807) is 5.06 Å². The average Bonchev–Trinajstić information content (AvgIpc) is 1.88. The van der Waals surface area contributed by atoms with Gasteiger partial charge in [-0.05, 0) is 6.92 Å². The number of nitrogens with zero attached hydrogens (tertiary/aromatic N) is 1. The maximum absolute atomic E-state index is 10.7. The molecule has 1 fully saturated rings. The Bertz CT molecular complexity index is 125. The number of hydrogen-bond acceptors (Lipinski definition) is 3. The van der Waals surface area contributed by atoms with Gasteiger partial charge in [-0.3, -0.25) is 9.63 Å². The summed E-state index contributed by atoms with van der Waals surface area (Å²) in [7, 11) is 0. The zero-order valence-corrected chi connectivity index (χ0v) is 6.09. The summed E-state index contributed by atoms with van der Waals surface area (Å²) in [6.07, 6.45) is 0. The monoisotopic (exact) mass is 144 g/mol. The summed E-state index contributed by atoms with van der Waals surface area (Å²) in [5, 5.41) is 4.39. The van der Waals surface area contributed by atoms with Crippen molar-refractivity contribution in [1.82, 2.24) is 10.4 Å². The minimum atomic E-state index is 0.0414. The third kappa shape index (κ3) is 1.97. The van der Waals surface area contributed by atoms with Gasteiger partial charge >= 0.3 is 0 Å². The van der Waals surface area contributed by atoms with E-state index in [-0.39, 0.29) is 5.91 Å². The predicted octanol–water partition coefficient (Wildman–Crippen LogP) is -0.630. The lowest BCUT2D eigenvalue weighted by Gasteiger charge is -2.24. The van der Waals surface area contributed by atoms with Gasteiger partial charge in [0.1, 0.15) is 6.54 Å². The van der Waals surface area contributed by atoms with Crippen LogP contribution in [0.3, 0.4) is 0 Å². The van der Waals surface area contributed by atoms with Crippen molar-refractivity contribution in [2.24, 2.45) is 0 Å². The van der Waals surface area contributed by atoms with E-state index in [0.29, 0.717) is 19.7 Å². The molecule has 0 unspecified atom stereocenters. The van der Waals surface area contributed by atoms with Crippen molar-refractivity contribution in [3.05, 3.63) is 0 Å². The second kappa shape index (κ2) is 3.53. The number of hydroxylamine groups is 2. The molecule has 0 aromatic carbocycles. The summed E-state index contributed by atoms with van der Waals surface area (Å²) >= 11 is 0. The van der Waals surface area contributed by atoms with Crippen LogP contribution in [0.15, 0.2) is 0 Å². The average molecular weight is 144 g/mol. The summed E-state index contributed by atoms with van der Waals surface area (Å²) in [6.45, 7) is 4.39. The summed E-state index contributed by atoms with van der Waals surface area (Å²) < 4.78 is 0. The van der Waals surface area contributed by atoms with Crippen LogP contribution in [0.2, 0.25) is 0 Å². The van der Waals surface area contributed by atoms with Gasteiger partial charge in [0.15, 0.2) is 0 Å². The molecule has 1 aliphatic heterocycles. The van der Waals surface area contributed by atoms with Gasteiger partial charge in [-0.15, -0.1) is 0 Å². The first-order valence-electron chi connectivity index (χ1n) is 3.47. The van der Waals surface area contributed by atoms with Crippen LogP contribution in [0, 0.1) is 0 Å². The van der Waals surface area contributed by atoms with Gasteiger partial charge in [-0.25, -0.2) is 0 Å². The first-order valence-corrected chi connectivity index (χ1v) is 3.47.